The number of aromatic nitrogens is 2. The van der Waals surface area contributed by atoms with Crippen molar-refractivity contribution >= 4 is 11.9 Å². The normalized spacial score (nSPS) is 18.3. The monoisotopic (exact) mass is 264 g/mol. The number of rotatable bonds is 5. The lowest BCUT2D eigenvalue weighted by molar-refractivity contribution is -0.137. The Labute approximate surface area is 113 Å². The van der Waals surface area contributed by atoms with Gasteiger partial charge in [-0.05, 0) is 19.4 Å². The van der Waals surface area contributed by atoms with Gasteiger partial charge in [0.1, 0.15) is 0 Å². The number of nitrogens with zero attached hydrogens (tertiary/aromatic N) is 4. The predicted octanol–water partition coefficient (Wildman–Crippen LogP) is 0.852. The third kappa shape index (κ3) is 3.89. The molecule has 1 aromatic heterocycles. The number of aliphatic carboxylic acids is 1. The zero-order chi connectivity index (χ0) is 13.7. The van der Waals surface area contributed by atoms with Gasteiger partial charge >= 0.3 is 5.97 Å². The van der Waals surface area contributed by atoms with Crippen molar-refractivity contribution in [3.63, 3.8) is 0 Å². The Bertz CT molecular complexity index is 404. The molecule has 1 N–H and O–H groups in total. The Morgan fingerprint density at radius 2 is 1.95 bits per heavy atom. The fourth-order valence-corrected chi connectivity index (χ4v) is 2.33. The fourth-order valence-electron chi connectivity index (χ4n) is 2.33. The summed E-state index contributed by atoms with van der Waals surface area (Å²) in [5.41, 5.74) is 0. The predicted molar refractivity (Wildman–Crippen MR) is 72.1 cm³/mol. The van der Waals surface area contributed by atoms with Crippen molar-refractivity contribution in [2.45, 2.75) is 25.8 Å². The zero-order valence-corrected chi connectivity index (χ0v) is 11.2. The average Bonchev–Trinajstić information content (AvgIpc) is 2.46. The lowest BCUT2D eigenvalue weighted by Gasteiger charge is -2.37. The van der Waals surface area contributed by atoms with E-state index in [-0.39, 0.29) is 6.42 Å². The van der Waals surface area contributed by atoms with E-state index in [2.05, 4.69) is 26.7 Å². The van der Waals surface area contributed by atoms with Crippen molar-refractivity contribution in [2.24, 2.45) is 0 Å². The second kappa shape index (κ2) is 6.47. The van der Waals surface area contributed by atoms with Crippen LogP contribution < -0.4 is 4.90 Å². The minimum Gasteiger partial charge on any atom is -0.481 e. The molecule has 0 aliphatic carbocycles. The molecule has 19 heavy (non-hydrogen) atoms. The summed E-state index contributed by atoms with van der Waals surface area (Å²) in [6, 6.07) is 2.13. The molecule has 1 aliphatic heterocycles. The van der Waals surface area contributed by atoms with E-state index in [4.69, 9.17) is 5.11 Å². The maximum atomic E-state index is 10.6. The van der Waals surface area contributed by atoms with Gasteiger partial charge < -0.3 is 10.0 Å². The van der Waals surface area contributed by atoms with E-state index in [1.165, 1.54) is 0 Å². The second-order valence-corrected chi connectivity index (χ2v) is 4.85. The summed E-state index contributed by atoms with van der Waals surface area (Å²) in [6.07, 6.45) is 4.45. The summed E-state index contributed by atoms with van der Waals surface area (Å²) in [4.78, 5) is 23.6. The van der Waals surface area contributed by atoms with E-state index in [0.29, 0.717) is 12.5 Å². The van der Waals surface area contributed by atoms with Crippen LogP contribution in [0.25, 0.3) is 0 Å². The Morgan fingerprint density at radius 1 is 1.32 bits per heavy atom. The first-order valence-corrected chi connectivity index (χ1v) is 6.64. The number of carboxylic acids is 1. The van der Waals surface area contributed by atoms with E-state index in [1.807, 2.05) is 6.07 Å². The quantitative estimate of drug-likeness (QED) is 0.850. The Balaban J connectivity index is 1.80. The molecular weight excluding hydrogens is 244 g/mol. The lowest BCUT2D eigenvalue weighted by atomic mass is 10.1. The molecule has 0 bridgehead atoms. The Hall–Kier alpha value is -1.69. The topological polar surface area (TPSA) is 69.6 Å². The highest BCUT2D eigenvalue weighted by molar-refractivity contribution is 5.66. The highest BCUT2D eigenvalue weighted by atomic mass is 16.4. The number of piperazine rings is 1. The highest BCUT2D eigenvalue weighted by Crippen LogP contribution is 2.14. The molecule has 1 fully saturated rings. The number of hydrogen-bond donors (Lipinski definition) is 1. The molecule has 1 saturated heterocycles. The summed E-state index contributed by atoms with van der Waals surface area (Å²) in [5.74, 6) is 0.0588. The van der Waals surface area contributed by atoms with Gasteiger partial charge in [0.15, 0.2) is 0 Å². The summed E-state index contributed by atoms with van der Waals surface area (Å²) in [6.45, 7) is 5.73. The van der Waals surface area contributed by atoms with E-state index in [1.54, 1.807) is 12.4 Å². The summed E-state index contributed by atoms with van der Waals surface area (Å²) in [7, 11) is 0. The molecule has 1 aromatic rings. The molecule has 0 saturated carbocycles. The van der Waals surface area contributed by atoms with Crippen LogP contribution in [0.5, 0.6) is 0 Å². The molecule has 1 unspecified atom stereocenters. The first kappa shape index (κ1) is 13.7. The van der Waals surface area contributed by atoms with Gasteiger partial charge in [-0.25, -0.2) is 9.97 Å². The van der Waals surface area contributed by atoms with Gasteiger partial charge in [0.05, 0.1) is 0 Å². The number of anilines is 1. The molecule has 2 heterocycles. The van der Waals surface area contributed by atoms with E-state index >= 15 is 0 Å². The smallest absolute Gasteiger partial charge is 0.303 e. The molecule has 0 amide bonds. The Kier molecular flexibility index (Phi) is 4.68. The summed E-state index contributed by atoms with van der Waals surface area (Å²) < 4.78 is 0. The van der Waals surface area contributed by atoms with Crippen molar-refractivity contribution in [3.8, 4) is 0 Å². The van der Waals surface area contributed by atoms with Gasteiger partial charge in [-0.15, -0.1) is 0 Å². The molecule has 2 rings (SSSR count). The van der Waals surface area contributed by atoms with Gasteiger partial charge in [0.2, 0.25) is 5.95 Å². The molecule has 104 valence electrons. The number of carbonyl (C=O) groups is 1. The second-order valence-electron chi connectivity index (χ2n) is 4.85. The van der Waals surface area contributed by atoms with Crippen molar-refractivity contribution in [1.82, 2.24) is 14.9 Å². The van der Waals surface area contributed by atoms with Gasteiger partial charge in [-0.3, -0.25) is 9.69 Å². The van der Waals surface area contributed by atoms with Gasteiger partial charge in [0, 0.05) is 51.0 Å². The van der Waals surface area contributed by atoms with E-state index < -0.39 is 5.97 Å². The van der Waals surface area contributed by atoms with E-state index in [0.717, 1.165) is 32.1 Å². The summed E-state index contributed by atoms with van der Waals surface area (Å²) >= 11 is 0. The molecule has 0 aromatic carbocycles. The largest absolute Gasteiger partial charge is 0.481 e. The first-order valence-electron chi connectivity index (χ1n) is 6.64. The Morgan fingerprint density at radius 3 is 2.53 bits per heavy atom. The van der Waals surface area contributed by atoms with E-state index in [9.17, 15) is 4.79 Å². The minimum absolute atomic E-state index is 0.239. The van der Waals surface area contributed by atoms with Crippen LogP contribution in [0, 0.1) is 0 Å². The molecule has 1 aliphatic rings. The van der Waals surface area contributed by atoms with Gasteiger partial charge in [0.25, 0.3) is 0 Å². The zero-order valence-electron chi connectivity index (χ0n) is 11.2. The number of carboxylic acid groups (broad SMARTS) is 1. The lowest BCUT2D eigenvalue weighted by Crippen LogP contribution is -2.50. The van der Waals surface area contributed by atoms with Crippen LogP contribution in [0.15, 0.2) is 18.5 Å². The van der Waals surface area contributed by atoms with Crippen molar-refractivity contribution < 1.29 is 9.90 Å². The third-order valence-electron chi connectivity index (χ3n) is 3.55. The summed E-state index contributed by atoms with van der Waals surface area (Å²) in [5, 5.41) is 8.71. The maximum absolute atomic E-state index is 10.6. The fraction of sp³-hybridized carbons (Fsp3) is 0.615. The third-order valence-corrected chi connectivity index (χ3v) is 3.55. The molecule has 0 radical (unpaired) electrons. The van der Waals surface area contributed by atoms with Crippen LogP contribution in [-0.4, -0.2) is 58.2 Å². The van der Waals surface area contributed by atoms with Crippen LogP contribution in [0.3, 0.4) is 0 Å². The number of hydrogen-bond acceptors (Lipinski definition) is 5. The van der Waals surface area contributed by atoms with Crippen molar-refractivity contribution in [1.29, 1.82) is 0 Å². The average molecular weight is 264 g/mol. The molecule has 0 spiro atoms. The van der Waals surface area contributed by atoms with Crippen LogP contribution in [0.1, 0.15) is 19.8 Å². The molecule has 6 heteroatoms. The minimum atomic E-state index is -0.719. The van der Waals surface area contributed by atoms with Crippen LogP contribution >= 0.6 is 0 Å². The standard InChI is InChI=1S/C13H20N4O2/c1-11(3-4-12(18)19)16-7-9-17(10-8-16)13-14-5-2-6-15-13/h2,5-6,11H,3-4,7-10H2,1H3,(H,18,19). The van der Waals surface area contributed by atoms with Gasteiger partial charge in [-0.1, -0.05) is 0 Å². The molecular formula is C13H20N4O2. The van der Waals surface area contributed by atoms with Crippen LogP contribution in [-0.2, 0) is 4.79 Å². The molecule has 1 atom stereocenters. The van der Waals surface area contributed by atoms with Crippen molar-refractivity contribution in [2.75, 3.05) is 31.1 Å². The maximum Gasteiger partial charge on any atom is 0.303 e. The van der Waals surface area contributed by atoms with Crippen LogP contribution in [0.2, 0.25) is 0 Å². The van der Waals surface area contributed by atoms with Crippen molar-refractivity contribution in [3.05, 3.63) is 18.5 Å². The molecule has 6 nitrogen and oxygen atoms in total. The van der Waals surface area contributed by atoms with Gasteiger partial charge in [-0.2, -0.15) is 0 Å². The highest BCUT2D eigenvalue weighted by Gasteiger charge is 2.22. The van der Waals surface area contributed by atoms with Crippen LogP contribution in [0.4, 0.5) is 5.95 Å². The first-order chi connectivity index (χ1) is 9.16. The SMILES string of the molecule is CC(CCC(=O)O)N1CCN(c2ncccn2)CC1.